The Labute approximate surface area is 183 Å². The number of nitrogens with two attached hydrogens (primary N) is 1. The summed E-state index contributed by atoms with van der Waals surface area (Å²) in [6.45, 7) is 6.15. The highest BCUT2D eigenvalue weighted by atomic mass is 16.2. The molecule has 6 heteroatoms. The van der Waals surface area contributed by atoms with Crippen LogP contribution in [0.1, 0.15) is 43.8 Å². The summed E-state index contributed by atoms with van der Waals surface area (Å²) in [4.78, 5) is 29.5. The Kier molecular flexibility index (Phi) is 6.06. The van der Waals surface area contributed by atoms with E-state index >= 15 is 0 Å². The van der Waals surface area contributed by atoms with Crippen molar-refractivity contribution in [2.75, 3.05) is 32.7 Å². The lowest BCUT2D eigenvalue weighted by atomic mass is 9.97. The predicted octanol–water partition coefficient (Wildman–Crippen LogP) is 2.61. The zero-order chi connectivity index (χ0) is 22.0. The van der Waals surface area contributed by atoms with Crippen LogP contribution in [0, 0.1) is 36.5 Å². The number of nitriles is 1. The standard InChI is InChI=1S/C25H27N4O2/c1-17-10-19(12-26)11-22(24(27)30)23(17)25(31)29-15-20-13-28(14-21(20)16-29)9-5-8-18-6-3-2-4-7-18/h2-4,6-8,10-11,20-21H,5,9,13-16H2,1H3,(H2,27,30)/t20-,21?/m0/s1. The second kappa shape index (κ2) is 8.91. The van der Waals surface area contributed by atoms with Gasteiger partial charge in [-0.05, 0) is 61.4 Å². The molecule has 0 spiro atoms. The van der Waals surface area contributed by atoms with Gasteiger partial charge in [0, 0.05) is 26.2 Å². The molecule has 2 heterocycles. The summed E-state index contributed by atoms with van der Waals surface area (Å²) in [6.07, 6.45) is 3.28. The van der Waals surface area contributed by atoms with Gasteiger partial charge in [0.2, 0.25) is 5.91 Å². The average Bonchev–Trinajstić information content (AvgIpc) is 3.32. The fourth-order valence-electron chi connectivity index (χ4n) is 4.93. The lowest BCUT2D eigenvalue weighted by molar-refractivity contribution is 0.0768. The number of nitrogens with zero attached hydrogens (tertiary/aromatic N) is 3. The van der Waals surface area contributed by atoms with Crippen molar-refractivity contribution in [2.45, 2.75) is 13.3 Å². The molecule has 31 heavy (non-hydrogen) atoms. The minimum atomic E-state index is -0.677. The molecule has 2 N–H and O–H groups in total. The van der Waals surface area contributed by atoms with Crippen LogP contribution >= 0.6 is 0 Å². The quantitative estimate of drug-likeness (QED) is 0.785. The van der Waals surface area contributed by atoms with Gasteiger partial charge in [0.05, 0.1) is 22.8 Å². The highest BCUT2D eigenvalue weighted by Gasteiger charge is 2.42. The molecule has 2 atom stereocenters. The second-order valence-electron chi connectivity index (χ2n) is 8.59. The van der Waals surface area contributed by atoms with Gasteiger partial charge in [-0.3, -0.25) is 9.59 Å². The Morgan fingerprint density at radius 3 is 2.42 bits per heavy atom. The number of hydrogen-bond acceptors (Lipinski definition) is 4. The molecule has 2 aromatic carbocycles. The molecule has 0 aromatic heterocycles. The first-order valence-electron chi connectivity index (χ1n) is 10.7. The summed E-state index contributed by atoms with van der Waals surface area (Å²) >= 11 is 0. The maximum absolute atomic E-state index is 13.3. The van der Waals surface area contributed by atoms with Crippen LogP contribution in [0.15, 0.2) is 42.5 Å². The Bertz CT molecular complexity index is 1010. The molecule has 2 saturated heterocycles. The molecule has 1 unspecified atom stereocenters. The zero-order valence-electron chi connectivity index (χ0n) is 17.8. The van der Waals surface area contributed by atoms with Gasteiger partial charge in [-0.2, -0.15) is 5.26 Å². The SMILES string of the molecule is Cc1cc(C#N)cc(C(N)=O)c1C(=O)N1CC2CN(CC[CH]c3ccccc3)C[C@H]2C1. The highest BCUT2D eigenvalue weighted by Crippen LogP contribution is 2.33. The van der Waals surface area contributed by atoms with E-state index in [1.807, 2.05) is 17.0 Å². The Balaban J connectivity index is 1.36. The van der Waals surface area contributed by atoms with E-state index in [1.165, 1.54) is 11.6 Å². The van der Waals surface area contributed by atoms with E-state index in [1.54, 1.807) is 13.0 Å². The first-order chi connectivity index (χ1) is 15.0. The molecule has 0 aliphatic carbocycles. The van der Waals surface area contributed by atoms with Gasteiger partial charge in [-0.25, -0.2) is 0 Å². The molecular weight excluding hydrogens is 388 g/mol. The summed E-state index contributed by atoms with van der Waals surface area (Å²) in [6, 6.07) is 15.5. The maximum Gasteiger partial charge on any atom is 0.254 e. The summed E-state index contributed by atoms with van der Waals surface area (Å²) in [5.41, 5.74) is 8.19. The lowest BCUT2D eigenvalue weighted by Crippen LogP contribution is -2.35. The topological polar surface area (TPSA) is 90.4 Å². The Morgan fingerprint density at radius 1 is 1.13 bits per heavy atom. The maximum atomic E-state index is 13.3. The number of rotatable bonds is 6. The number of carbonyl (C=O) groups excluding carboxylic acids is 2. The molecule has 159 valence electrons. The third-order valence-corrected chi connectivity index (χ3v) is 6.42. The molecule has 2 amide bonds. The van der Waals surface area contributed by atoms with Gasteiger partial charge >= 0.3 is 0 Å². The number of likely N-dealkylation sites (tertiary alicyclic amines) is 2. The number of carbonyl (C=O) groups is 2. The summed E-state index contributed by atoms with van der Waals surface area (Å²) in [5, 5.41) is 9.17. The molecule has 2 aliphatic rings. The summed E-state index contributed by atoms with van der Waals surface area (Å²) in [7, 11) is 0. The fourth-order valence-corrected chi connectivity index (χ4v) is 4.93. The van der Waals surface area contributed by atoms with Crippen LogP contribution < -0.4 is 5.73 Å². The minimum Gasteiger partial charge on any atom is -0.366 e. The molecule has 2 aromatic rings. The van der Waals surface area contributed by atoms with Gasteiger partial charge in [-0.1, -0.05) is 30.3 Å². The molecule has 2 fully saturated rings. The molecule has 0 bridgehead atoms. The molecule has 6 nitrogen and oxygen atoms in total. The van der Waals surface area contributed by atoms with E-state index in [4.69, 9.17) is 11.0 Å². The van der Waals surface area contributed by atoms with Crippen molar-refractivity contribution in [3.63, 3.8) is 0 Å². The molecule has 4 rings (SSSR count). The van der Waals surface area contributed by atoms with Crippen molar-refractivity contribution >= 4 is 11.8 Å². The monoisotopic (exact) mass is 415 g/mol. The third-order valence-electron chi connectivity index (χ3n) is 6.42. The first-order valence-corrected chi connectivity index (χ1v) is 10.7. The normalized spacial score (nSPS) is 20.5. The summed E-state index contributed by atoms with van der Waals surface area (Å²) < 4.78 is 0. The first kappa shape index (κ1) is 21.1. The van der Waals surface area contributed by atoms with Gasteiger partial charge < -0.3 is 15.5 Å². The van der Waals surface area contributed by atoms with Crippen molar-refractivity contribution in [1.29, 1.82) is 5.26 Å². The second-order valence-corrected chi connectivity index (χ2v) is 8.59. The zero-order valence-corrected chi connectivity index (χ0v) is 17.8. The number of hydrogen-bond donors (Lipinski definition) is 1. The number of benzene rings is 2. The van der Waals surface area contributed by atoms with E-state index < -0.39 is 5.91 Å². The largest absolute Gasteiger partial charge is 0.366 e. The highest BCUT2D eigenvalue weighted by molar-refractivity contribution is 6.08. The predicted molar refractivity (Wildman–Crippen MR) is 118 cm³/mol. The number of primary amides is 1. The van der Waals surface area contributed by atoms with E-state index in [9.17, 15) is 9.59 Å². The Hall–Kier alpha value is -3.17. The van der Waals surface area contributed by atoms with Gasteiger partial charge in [0.15, 0.2) is 0 Å². The van der Waals surface area contributed by atoms with E-state index in [-0.39, 0.29) is 11.5 Å². The van der Waals surface area contributed by atoms with Crippen LogP contribution in [0.25, 0.3) is 0 Å². The lowest BCUT2D eigenvalue weighted by Gasteiger charge is -2.23. The van der Waals surface area contributed by atoms with Crippen LogP contribution in [-0.2, 0) is 0 Å². The number of aryl methyl sites for hydroxylation is 1. The number of amides is 2. The van der Waals surface area contributed by atoms with Crippen LogP contribution in [0.4, 0.5) is 0 Å². The van der Waals surface area contributed by atoms with Crippen LogP contribution in [-0.4, -0.2) is 54.3 Å². The van der Waals surface area contributed by atoms with Crippen molar-refractivity contribution in [3.8, 4) is 6.07 Å². The molecule has 1 radical (unpaired) electrons. The smallest absolute Gasteiger partial charge is 0.254 e. The molecule has 0 saturated carbocycles. The van der Waals surface area contributed by atoms with Gasteiger partial charge in [0.1, 0.15) is 0 Å². The van der Waals surface area contributed by atoms with Crippen LogP contribution in [0.5, 0.6) is 0 Å². The van der Waals surface area contributed by atoms with Crippen molar-refractivity contribution < 1.29 is 9.59 Å². The van der Waals surface area contributed by atoms with Gasteiger partial charge in [-0.15, -0.1) is 0 Å². The molecular formula is C25H27N4O2. The summed E-state index contributed by atoms with van der Waals surface area (Å²) in [5.74, 6) is 0.0747. The van der Waals surface area contributed by atoms with Gasteiger partial charge in [0.25, 0.3) is 5.91 Å². The Morgan fingerprint density at radius 2 is 1.81 bits per heavy atom. The fraction of sp³-hybridized carbons (Fsp3) is 0.360. The van der Waals surface area contributed by atoms with Crippen molar-refractivity contribution in [3.05, 3.63) is 76.7 Å². The average molecular weight is 416 g/mol. The minimum absolute atomic E-state index is 0.136. The van der Waals surface area contributed by atoms with E-state index in [0.29, 0.717) is 41.6 Å². The number of fused-ring (bicyclic) bond motifs is 1. The van der Waals surface area contributed by atoms with E-state index in [0.717, 1.165) is 26.1 Å². The van der Waals surface area contributed by atoms with Crippen LogP contribution in [0.2, 0.25) is 0 Å². The van der Waals surface area contributed by atoms with Crippen molar-refractivity contribution in [2.24, 2.45) is 17.6 Å². The van der Waals surface area contributed by atoms with E-state index in [2.05, 4.69) is 35.6 Å². The molecule has 2 aliphatic heterocycles. The van der Waals surface area contributed by atoms with Crippen molar-refractivity contribution in [1.82, 2.24) is 9.80 Å². The van der Waals surface area contributed by atoms with Crippen LogP contribution in [0.3, 0.4) is 0 Å². The third kappa shape index (κ3) is 4.47.